The summed E-state index contributed by atoms with van der Waals surface area (Å²) < 4.78 is 5.19. The molecule has 0 saturated carbocycles. The van der Waals surface area contributed by atoms with E-state index in [2.05, 4.69) is 26.1 Å². The van der Waals surface area contributed by atoms with Gasteiger partial charge in [0.15, 0.2) is 0 Å². The van der Waals surface area contributed by atoms with Crippen molar-refractivity contribution in [2.75, 3.05) is 14.2 Å². The van der Waals surface area contributed by atoms with Gasteiger partial charge in [-0.25, -0.2) is 0 Å². The summed E-state index contributed by atoms with van der Waals surface area (Å²) in [5, 5.41) is 3.97. The van der Waals surface area contributed by atoms with E-state index in [0.717, 1.165) is 12.2 Å². The van der Waals surface area contributed by atoms with E-state index in [1.165, 1.54) is 11.1 Å². The number of ether oxygens (including phenoxy) is 1. The summed E-state index contributed by atoms with van der Waals surface area (Å²) in [5.41, 5.74) is 2.54. The molecule has 3 heteroatoms. The summed E-state index contributed by atoms with van der Waals surface area (Å²) >= 11 is 6.13. The van der Waals surface area contributed by atoms with E-state index in [9.17, 15) is 0 Å². The Kier molecular flexibility index (Phi) is 4.22. The van der Waals surface area contributed by atoms with Crippen LogP contribution in [0.1, 0.15) is 25.0 Å². The molecule has 1 aromatic rings. The third kappa shape index (κ3) is 3.13. The molecule has 0 unspecified atom stereocenters. The first-order valence-corrected chi connectivity index (χ1v) is 5.79. The van der Waals surface area contributed by atoms with Crippen LogP contribution in [-0.4, -0.2) is 19.7 Å². The Morgan fingerprint density at radius 3 is 2.50 bits per heavy atom. The number of likely N-dealkylation sites (N-methyl/N-ethyl adjacent to an activating group) is 1. The molecule has 1 aromatic carbocycles. The van der Waals surface area contributed by atoms with Gasteiger partial charge in [-0.3, -0.25) is 0 Å². The molecule has 1 rings (SSSR count). The summed E-state index contributed by atoms with van der Waals surface area (Å²) in [4.78, 5) is 0. The maximum atomic E-state index is 6.13. The van der Waals surface area contributed by atoms with Crippen LogP contribution in [0, 0.1) is 6.92 Å². The van der Waals surface area contributed by atoms with E-state index in [1.54, 1.807) is 7.11 Å². The molecule has 0 aliphatic rings. The second-order valence-corrected chi connectivity index (χ2v) is 5.13. The first-order valence-electron chi connectivity index (χ1n) is 5.41. The minimum Gasteiger partial charge on any atom is -0.495 e. The van der Waals surface area contributed by atoms with Crippen molar-refractivity contribution in [3.05, 3.63) is 28.3 Å². The highest BCUT2D eigenvalue weighted by molar-refractivity contribution is 6.32. The minimum absolute atomic E-state index is 0.0721. The van der Waals surface area contributed by atoms with Crippen molar-refractivity contribution in [1.29, 1.82) is 0 Å². The summed E-state index contributed by atoms with van der Waals surface area (Å²) in [6.07, 6.45) is 0.943. The fourth-order valence-electron chi connectivity index (χ4n) is 1.61. The molecular weight excluding hydrogens is 222 g/mol. The molecule has 0 spiro atoms. The van der Waals surface area contributed by atoms with Gasteiger partial charge in [0, 0.05) is 5.54 Å². The van der Waals surface area contributed by atoms with Crippen LogP contribution in [0.3, 0.4) is 0 Å². The molecule has 2 nitrogen and oxygen atoms in total. The molecular formula is C13H20ClNO. The summed E-state index contributed by atoms with van der Waals surface area (Å²) in [6, 6.07) is 3.98. The van der Waals surface area contributed by atoms with E-state index >= 15 is 0 Å². The highest BCUT2D eigenvalue weighted by atomic mass is 35.5. The van der Waals surface area contributed by atoms with Crippen LogP contribution < -0.4 is 10.1 Å². The number of nitrogens with one attached hydrogen (secondary N) is 1. The number of rotatable bonds is 4. The number of hydrogen-bond acceptors (Lipinski definition) is 2. The lowest BCUT2D eigenvalue weighted by Crippen LogP contribution is -2.38. The van der Waals surface area contributed by atoms with Gasteiger partial charge in [0.05, 0.1) is 12.1 Å². The smallest absolute Gasteiger partial charge is 0.137 e. The number of methoxy groups -OCH3 is 1. The average molecular weight is 242 g/mol. The zero-order valence-electron chi connectivity index (χ0n) is 10.6. The molecule has 0 aliphatic heterocycles. The van der Waals surface area contributed by atoms with Gasteiger partial charge in [-0.05, 0) is 57.5 Å². The maximum Gasteiger partial charge on any atom is 0.137 e. The van der Waals surface area contributed by atoms with Crippen LogP contribution in [0.2, 0.25) is 5.02 Å². The lowest BCUT2D eigenvalue weighted by Gasteiger charge is -2.25. The molecule has 0 aromatic heterocycles. The van der Waals surface area contributed by atoms with Crippen LogP contribution in [0.15, 0.2) is 12.1 Å². The van der Waals surface area contributed by atoms with E-state index in [4.69, 9.17) is 16.3 Å². The largest absolute Gasteiger partial charge is 0.495 e. The Morgan fingerprint density at radius 1 is 1.38 bits per heavy atom. The van der Waals surface area contributed by atoms with Crippen LogP contribution in [0.5, 0.6) is 5.75 Å². The minimum atomic E-state index is 0.0721. The molecule has 0 fully saturated rings. The number of hydrogen-bond donors (Lipinski definition) is 1. The van der Waals surface area contributed by atoms with Gasteiger partial charge in [0.1, 0.15) is 5.75 Å². The molecule has 90 valence electrons. The van der Waals surface area contributed by atoms with Crippen molar-refractivity contribution in [3.8, 4) is 5.75 Å². The number of halogens is 1. The van der Waals surface area contributed by atoms with Gasteiger partial charge in [-0.2, -0.15) is 0 Å². The first kappa shape index (κ1) is 13.3. The van der Waals surface area contributed by atoms with Gasteiger partial charge in [0.2, 0.25) is 0 Å². The molecule has 0 heterocycles. The van der Waals surface area contributed by atoms with Gasteiger partial charge >= 0.3 is 0 Å². The van der Waals surface area contributed by atoms with Crippen molar-refractivity contribution in [1.82, 2.24) is 5.32 Å². The Bertz CT molecular complexity index is 374. The van der Waals surface area contributed by atoms with Gasteiger partial charge in [-0.15, -0.1) is 0 Å². The fourth-order valence-corrected chi connectivity index (χ4v) is 1.87. The van der Waals surface area contributed by atoms with Crippen molar-refractivity contribution >= 4 is 11.6 Å². The normalized spacial score (nSPS) is 11.6. The zero-order chi connectivity index (χ0) is 12.3. The zero-order valence-corrected chi connectivity index (χ0v) is 11.4. The predicted molar refractivity (Wildman–Crippen MR) is 69.6 cm³/mol. The third-order valence-corrected chi connectivity index (χ3v) is 3.21. The molecule has 16 heavy (non-hydrogen) atoms. The maximum absolute atomic E-state index is 6.13. The van der Waals surface area contributed by atoms with Crippen LogP contribution in [-0.2, 0) is 6.42 Å². The standard InChI is InChI=1S/C13H20ClNO/c1-9-6-12(16-5)11(14)7-10(9)8-13(2,3)15-4/h6-7,15H,8H2,1-5H3. The Hall–Kier alpha value is -0.730. The Balaban J connectivity index is 3.02. The topological polar surface area (TPSA) is 21.3 Å². The van der Waals surface area contributed by atoms with Crippen LogP contribution in [0.4, 0.5) is 0 Å². The number of benzene rings is 1. The molecule has 0 saturated heterocycles. The Labute approximate surface area is 103 Å². The quantitative estimate of drug-likeness (QED) is 0.874. The van der Waals surface area contributed by atoms with E-state index in [1.807, 2.05) is 19.2 Å². The van der Waals surface area contributed by atoms with E-state index in [0.29, 0.717) is 5.02 Å². The lowest BCUT2D eigenvalue weighted by molar-refractivity contribution is 0.411. The van der Waals surface area contributed by atoms with Crippen LogP contribution in [0.25, 0.3) is 0 Å². The Morgan fingerprint density at radius 2 is 2.00 bits per heavy atom. The monoisotopic (exact) mass is 241 g/mol. The molecule has 1 N–H and O–H groups in total. The SMILES string of the molecule is CNC(C)(C)Cc1cc(Cl)c(OC)cc1C. The van der Waals surface area contributed by atoms with E-state index in [-0.39, 0.29) is 5.54 Å². The molecule has 0 aliphatic carbocycles. The van der Waals surface area contributed by atoms with Crippen molar-refractivity contribution in [3.63, 3.8) is 0 Å². The molecule has 0 amide bonds. The van der Waals surface area contributed by atoms with Crippen LogP contribution >= 0.6 is 11.6 Å². The third-order valence-electron chi connectivity index (χ3n) is 2.92. The van der Waals surface area contributed by atoms with Gasteiger partial charge in [0.25, 0.3) is 0 Å². The fraction of sp³-hybridized carbons (Fsp3) is 0.538. The molecule has 0 bridgehead atoms. The van der Waals surface area contributed by atoms with Gasteiger partial charge in [-0.1, -0.05) is 11.6 Å². The first-order chi connectivity index (χ1) is 7.39. The van der Waals surface area contributed by atoms with Crippen molar-refractivity contribution in [2.24, 2.45) is 0 Å². The number of aryl methyl sites for hydroxylation is 1. The summed E-state index contributed by atoms with van der Waals surface area (Å²) in [6.45, 7) is 6.43. The van der Waals surface area contributed by atoms with E-state index < -0.39 is 0 Å². The summed E-state index contributed by atoms with van der Waals surface area (Å²) in [7, 11) is 3.61. The summed E-state index contributed by atoms with van der Waals surface area (Å²) in [5.74, 6) is 0.741. The molecule has 0 radical (unpaired) electrons. The highest BCUT2D eigenvalue weighted by Gasteiger charge is 2.17. The van der Waals surface area contributed by atoms with Gasteiger partial charge < -0.3 is 10.1 Å². The predicted octanol–water partition coefficient (Wildman–Crippen LogP) is 3.20. The van der Waals surface area contributed by atoms with Crippen molar-refractivity contribution < 1.29 is 4.74 Å². The second-order valence-electron chi connectivity index (χ2n) is 4.72. The lowest BCUT2D eigenvalue weighted by atomic mass is 9.92. The average Bonchev–Trinajstić information content (AvgIpc) is 2.22. The van der Waals surface area contributed by atoms with Crippen molar-refractivity contribution in [2.45, 2.75) is 32.7 Å². The second kappa shape index (κ2) is 5.07. The molecule has 0 atom stereocenters. The highest BCUT2D eigenvalue weighted by Crippen LogP contribution is 2.29.